The molecule has 5 rings (SSSR count). The minimum atomic E-state index is -0.319. The van der Waals surface area contributed by atoms with Gasteiger partial charge in [0.25, 0.3) is 11.8 Å². The van der Waals surface area contributed by atoms with Gasteiger partial charge in [0.2, 0.25) is 0 Å². The second-order valence-corrected chi connectivity index (χ2v) is 10.2. The van der Waals surface area contributed by atoms with Crippen LogP contribution in [0.1, 0.15) is 36.7 Å². The Morgan fingerprint density at radius 2 is 2.00 bits per heavy atom. The number of fused-ring (bicyclic) bond motifs is 2. The van der Waals surface area contributed by atoms with Crippen LogP contribution in [0.4, 0.5) is 11.5 Å². The lowest BCUT2D eigenvalue weighted by molar-refractivity contribution is -0.124. The normalized spacial score (nSPS) is 12.8. The molecule has 3 heterocycles. The highest BCUT2D eigenvalue weighted by Crippen LogP contribution is 2.32. The molecule has 0 aliphatic carbocycles. The van der Waals surface area contributed by atoms with Crippen molar-refractivity contribution in [1.82, 2.24) is 20.6 Å². The molecule has 3 N–H and O–H groups in total. The van der Waals surface area contributed by atoms with E-state index in [1.807, 2.05) is 68.6 Å². The first-order chi connectivity index (χ1) is 16.7. The number of hydrogen-bond acceptors (Lipinski definition) is 7. The third-order valence-corrected chi connectivity index (χ3v) is 6.24. The Kier molecular flexibility index (Phi) is 5.86. The number of benzene rings is 2. The molecule has 2 aromatic carbocycles. The fourth-order valence-electron chi connectivity index (χ4n) is 3.85. The van der Waals surface area contributed by atoms with Gasteiger partial charge in [-0.05, 0) is 68.1 Å². The molecule has 8 nitrogen and oxygen atoms in total. The number of carbonyl (C=O) groups excluding carboxylic acids is 2. The maximum atomic E-state index is 12.1. The second-order valence-electron chi connectivity index (χ2n) is 9.33. The summed E-state index contributed by atoms with van der Waals surface area (Å²) < 4.78 is 6.65. The molecule has 0 fully saturated rings. The minimum Gasteiger partial charge on any atom is -0.484 e. The molecule has 0 bridgehead atoms. The number of aromatic nitrogens is 2. The summed E-state index contributed by atoms with van der Waals surface area (Å²) in [6.45, 7) is 6.22. The number of ether oxygens (including phenoxy) is 1. The van der Waals surface area contributed by atoms with Crippen LogP contribution in [0.2, 0.25) is 0 Å². The van der Waals surface area contributed by atoms with Crippen molar-refractivity contribution >= 4 is 44.9 Å². The lowest BCUT2D eigenvalue weighted by atomic mass is 10.1. The first kappa shape index (κ1) is 22.8. The highest BCUT2D eigenvalue weighted by Gasteiger charge is 2.19. The van der Waals surface area contributed by atoms with Crippen molar-refractivity contribution in [2.24, 2.45) is 0 Å². The van der Waals surface area contributed by atoms with Crippen molar-refractivity contribution in [3.63, 3.8) is 0 Å². The monoisotopic (exact) mass is 487 g/mol. The van der Waals surface area contributed by atoms with Crippen molar-refractivity contribution in [2.75, 3.05) is 11.9 Å². The van der Waals surface area contributed by atoms with Crippen molar-refractivity contribution in [3.05, 3.63) is 65.0 Å². The van der Waals surface area contributed by atoms with E-state index in [1.54, 1.807) is 17.4 Å². The van der Waals surface area contributed by atoms with Crippen LogP contribution in [0.3, 0.4) is 0 Å². The third kappa shape index (κ3) is 5.09. The molecule has 1 aliphatic heterocycles. The number of anilines is 2. The molecule has 0 atom stereocenters. The largest absolute Gasteiger partial charge is 0.484 e. The van der Waals surface area contributed by atoms with E-state index in [9.17, 15) is 9.59 Å². The molecule has 2 aromatic heterocycles. The number of rotatable bonds is 6. The van der Waals surface area contributed by atoms with E-state index in [1.165, 1.54) is 0 Å². The minimum absolute atomic E-state index is 0.0468. The first-order valence-corrected chi connectivity index (χ1v) is 12.1. The van der Waals surface area contributed by atoms with Crippen LogP contribution in [0.15, 0.2) is 53.9 Å². The Morgan fingerprint density at radius 1 is 1.14 bits per heavy atom. The number of thiophene rings is 1. The Balaban J connectivity index is 1.40. The number of hydrogen-bond donors (Lipinski definition) is 3. The Labute approximate surface area is 206 Å². The van der Waals surface area contributed by atoms with Gasteiger partial charge >= 0.3 is 0 Å². The van der Waals surface area contributed by atoms with Crippen LogP contribution in [0, 0.1) is 0 Å². The molecule has 0 unspecified atom stereocenters. The van der Waals surface area contributed by atoms with Crippen molar-refractivity contribution in [3.8, 4) is 17.1 Å². The number of amides is 2. The fraction of sp³-hybridized carbons (Fsp3) is 0.231. The maximum Gasteiger partial charge on any atom is 0.258 e. The van der Waals surface area contributed by atoms with Gasteiger partial charge in [-0.25, -0.2) is 9.97 Å². The summed E-state index contributed by atoms with van der Waals surface area (Å²) in [7, 11) is 0. The lowest BCUT2D eigenvalue weighted by Gasteiger charge is -2.20. The van der Waals surface area contributed by atoms with Gasteiger partial charge in [0.05, 0.1) is 10.2 Å². The Hall–Kier alpha value is -3.98. The van der Waals surface area contributed by atoms with E-state index in [2.05, 4.69) is 16.0 Å². The molecule has 4 aromatic rings. The van der Waals surface area contributed by atoms with Gasteiger partial charge < -0.3 is 20.7 Å². The smallest absolute Gasteiger partial charge is 0.258 e. The van der Waals surface area contributed by atoms with Gasteiger partial charge in [-0.3, -0.25) is 9.59 Å². The van der Waals surface area contributed by atoms with Gasteiger partial charge in [0.15, 0.2) is 18.2 Å². The summed E-state index contributed by atoms with van der Waals surface area (Å²) in [6, 6.07) is 15.0. The topological polar surface area (TPSA) is 105 Å². The van der Waals surface area contributed by atoms with Crippen LogP contribution < -0.4 is 20.7 Å². The first-order valence-electron chi connectivity index (χ1n) is 11.2. The lowest BCUT2D eigenvalue weighted by Crippen LogP contribution is -2.43. The van der Waals surface area contributed by atoms with Gasteiger partial charge in [0, 0.05) is 28.9 Å². The molecule has 9 heteroatoms. The van der Waals surface area contributed by atoms with Gasteiger partial charge in [-0.1, -0.05) is 12.1 Å². The molecule has 0 spiro atoms. The van der Waals surface area contributed by atoms with Gasteiger partial charge in [-0.15, -0.1) is 11.3 Å². The second kappa shape index (κ2) is 8.99. The average molecular weight is 488 g/mol. The van der Waals surface area contributed by atoms with Crippen LogP contribution in [-0.2, 0) is 11.3 Å². The molecule has 0 saturated heterocycles. The standard InChI is InChI=1S/C26H25N5O3S/c1-26(2,3)31-21(32)14-34-18-6-4-5-15(12-18)23-29-20-9-10-35-22(20)24(30-23)28-17-7-8-19-16(11-17)13-27-25(19)33/h4-12H,13-14H2,1-3H3,(H,27,33)(H,31,32)(H,28,29,30). The molecule has 0 saturated carbocycles. The summed E-state index contributed by atoms with van der Waals surface area (Å²) >= 11 is 1.56. The fourth-order valence-corrected chi connectivity index (χ4v) is 4.63. The molecular weight excluding hydrogens is 462 g/mol. The number of nitrogens with zero attached hydrogens (tertiary/aromatic N) is 2. The summed E-state index contributed by atoms with van der Waals surface area (Å²) in [6.07, 6.45) is 0. The average Bonchev–Trinajstić information content (AvgIpc) is 3.43. The number of nitrogens with one attached hydrogen (secondary N) is 3. The predicted octanol–water partition coefficient (Wildman–Crippen LogP) is 4.64. The molecule has 178 valence electrons. The zero-order valence-corrected chi connectivity index (χ0v) is 20.5. The van der Waals surface area contributed by atoms with Crippen LogP contribution in [-0.4, -0.2) is 33.9 Å². The van der Waals surface area contributed by atoms with Gasteiger partial charge in [0.1, 0.15) is 5.75 Å². The van der Waals surface area contributed by atoms with Gasteiger partial charge in [-0.2, -0.15) is 0 Å². The van der Waals surface area contributed by atoms with E-state index in [0.29, 0.717) is 29.5 Å². The van der Waals surface area contributed by atoms with E-state index in [-0.39, 0.29) is 24.0 Å². The number of carbonyl (C=O) groups is 2. The highest BCUT2D eigenvalue weighted by molar-refractivity contribution is 7.17. The van der Waals surface area contributed by atoms with Crippen LogP contribution in [0.25, 0.3) is 21.6 Å². The SMILES string of the molecule is CC(C)(C)NC(=O)COc1cccc(-c2nc(Nc3ccc4c(c3)CNC4=O)c3sccc3n2)c1. The van der Waals surface area contributed by atoms with E-state index < -0.39 is 0 Å². The highest BCUT2D eigenvalue weighted by atomic mass is 32.1. The van der Waals surface area contributed by atoms with E-state index in [4.69, 9.17) is 14.7 Å². The van der Waals surface area contributed by atoms with Crippen LogP contribution in [0.5, 0.6) is 5.75 Å². The molecule has 35 heavy (non-hydrogen) atoms. The van der Waals surface area contributed by atoms with E-state index in [0.717, 1.165) is 27.0 Å². The maximum absolute atomic E-state index is 12.1. The summed E-state index contributed by atoms with van der Waals surface area (Å²) in [4.78, 5) is 33.5. The van der Waals surface area contributed by atoms with Crippen LogP contribution >= 0.6 is 11.3 Å². The quantitative estimate of drug-likeness (QED) is 0.366. The third-order valence-electron chi connectivity index (χ3n) is 5.33. The zero-order valence-electron chi connectivity index (χ0n) is 19.6. The summed E-state index contributed by atoms with van der Waals surface area (Å²) in [5.41, 5.74) is 3.79. The molecule has 2 amide bonds. The Bertz CT molecular complexity index is 1440. The molecular formula is C26H25N5O3S. The predicted molar refractivity (Wildman–Crippen MR) is 137 cm³/mol. The molecule has 1 aliphatic rings. The van der Waals surface area contributed by atoms with Crippen molar-refractivity contribution < 1.29 is 14.3 Å². The van der Waals surface area contributed by atoms with E-state index >= 15 is 0 Å². The molecule has 0 radical (unpaired) electrons. The Morgan fingerprint density at radius 3 is 2.83 bits per heavy atom. The van der Waals surface area contributed by atoms with Crippen molar-refractivity contribution in [2.45, 2.75) is 32.9 Å². The summed E-state index contributed by atoms with van der Waals surface area (Å²) in [5.74, 6) is 1.56. The van der Waals surface area contributed by atoms with Crippen molar-refractivity contribution in [1.29, 1.82) is 0 Å². The summed E-state index contributed by atoms with van der Waals surface area (Å²) in [5, 5.41) is 11.1. The zero-order chi connectivity index (χ0) is 24.6.